The second-order valence-corrected chi connectivity index (χ2v) is 9.20. The molecule has 0 aliphatic carbocycles. The second-order valence-electron chi connectivity index (χ2n) is 8.77. The van der Waals surface area contributed by atoms with E-state index in [1.807, 2.05) is 0 Å². The maximum Gasteiger partial charge on any atom is 0.290 e. The maximum atomic E-state index is 13.7. The third-order valence-electron chi connectivity index (χ3n) is 6.28. The molecule has 0 fully saturated rings. The molecule has 0 saturated carbocycles. The predicted octanol–water partition coefficient (Wildman–Crippen LogP) is 6.03. The van der Waals surface area contributed by atoms with Gasteiger partial charge in [-0.25, -0.2) is 4.39 Å². The molecule has 0 radical (unpaired) electrons. The fraction of sp³-hybridized carbons (Fsp3) is 0.172. The number of carbonyl (C=O) groups is 2. The molecule has 5 rings (SSSR count). The lowest BCUT2D eigenvalue weighted by molar-refractivity contribution is -0.130. The number of hydrogen-bond donors (Lipinski definition) is 1. The monoisotopic (exact) mass is 535 g/mol. The van der Waals surface area contributed by atoms with Crippen LogP contribution >= 0.6 is 11.6 Å². The van der Waals surface area contributed by atoms with Crippen LogP contribution in [0.25, 0.3) is 11.0 Å². The van der Waals surface area contributed by atoms with E-state index in [1.165, 1.54) is 30.2 Å². The van der Waals surface area contributed by atoms with Gasteiger partial charge in [0.15, 0.2) is 11.5 Å². The number of hydrogen-bond acceptors (Lipinski definition) is 6. The van der Waals surface area contributed by atoms with Crippen LogP contribution in [-0.2, 0) is 16.1 Å². The lowest BCUT2D eigenvalue weighted by atomic mass is 9.95. The number of Topliss-reactive ketones (excluding diaryl/α,β-unsaturated/α-hetero) is 1. The summed E-state index contributed by atoms with van der Waals surface area (Å²) in [6.07, 6.45) is 0. The van der Waals surface area contributed by atoms with Crippen molar-refractivity contribution in [2.75, 3.05) is 20.3 Å². The molecule has 0 bridgehead atoms. The minimum absolute atomic E-state index is 0.0288. The number of ether oxygens (including phenoxy) is 2. The van der Waals surface area contributed by atoms with Crippen molar-refractivity contribution in [3.63, 3.8) is 0 Å². The zero-order chi connectivity index (χ0) is 26.8. The van der Waals surface area contributed by atoms with Crippen molar-refractivity contribution in [3.05, 3.63) is 112 Å². The van der Waals surface area contributed by atoms with E-state index in [0.717, 1.165) is 5.56 Å². The number of aliphatic hydroxyl groups is 1. The van der Waals surface area contributed by atoms with Crippen LogP contribution in [0.2, 0.25) is 5.02 Å². The van der Waals surface area contributed by atoms with Crippen molar-refractivity contribution >= 4 is 34.3 Å². The van der Waals surface area contributed by atoms with E-state index < -0.39 is 23.5 Å². The van der Waals surface area contributed by atoms with Gasteiger partial charge in [0.25, 0.3) is 5.91 Å². The SMILES string of the molecule is COCCN1C(=O)C(O)=C(C(=O)c2cc3cc(Cl)ccc3o2)C1c1cccc(OCc2ccc(F)cc2)c1. The van der Waals surface area contributed by atoms with Crippen LogP contribution in [0.4, 0.5) is 4.39 Å². The molecule has 1 aliphatic heterocycles. The number of amides is 1. The summed E-state index contributed by atoms with van der Waals surface area (Å²) in [6, 6.07) is 18.4. The summed E-state index contributed by atoms with van der Waals surface area (Å²) in [4.78, 5) is 28.1. The Kier molecular flexibility index (Phi) is 7.18. The van der Waals surface area contributed by atoms with Gasteiger partial charge in [-0.1, -0.05) is 35.9 Å². The Morgan fingerprint density at radius 2 is 1.89 bits per heavy atom. The highest BCUT2D eigenvalue weighted by molar-refractivity contribution is 6.31. The van der Waals surface area contributed by atoms with Gasteiger partial charge >= 0.3 is 0 Å². The molecule has 9 heteroatoms. The average Bonchev–Trinajstić information content (AvgIpc) is 3.45. The van der Waals surface area contributed by atoms with Crippen LogP contribution < -0.4 is 4.74 Å². The molecule has 1 unspecified atom stereocenters. The Morgan fingerprint density at radius 1 is 1.11 bits per heavy atom. The predicted molar refractivity (Wildman–Crippen MR) is 139 cm³/mol. The number of methoxy groups -OCH3 is 1. The molecule has 1 aromatic heterocycles. The summed E-state index contributed by atoms with van der Waals surface area (Å²) in [5.41, 5.74) is 1.67. The lowest BCUT2D eigenvalue weighted by Crippen LogP contribution is -2.34. The fourth-order valence-corrected chi connectivity index (χ4v) is 4.61. The van der Waals surface area contributed by atoms with Crippen molar-refractivity contribution in [2.45, 2.75) is 12.6 Å². The Labute approximate surface area is 222 Å². The van der Waals surface area contributed by atoms with Crippen molar-refractivity contribution in [3.8, 4) is 5.75 Å². The van der Waals surface area contributed by atoms with Crippen molar-refractivity contribution in [2.24, 2.45) is 0 Å². The number of carbonyl (C=O) groups excluding carboxylic acids is 2. The smallest absolute Gasteiger partial charge is 0.290 e. The normalized spacial score (nSPS) is 15.5. The van der Waals surface area contributed by atoms with Crippen LogP contribution in [0, 0.1) is 5.82 Å². The first-order chi connectivity index (χ1) is 18.4. The Morgan fingerprint density at radius 3 is 2.66 bits per heavy atom. The summed E-state index contributed by atoms with van der Waals surface area (Å²) in [7, 11) is 1.50. The number of fused-ring (bicyclic) bond motifs is 1. The van der Waals surface area contributed by atoms with Crippen molar-refractivity contribution < 1.29 is 33.0 Å². The third-order valence-corrected chi connectivity index (χ3v) is 6.51. The van der Waals surface area contributed by atoms with E-state index in [1.54, 1.807) is 54.6 Å². The van der Waals surface area contributed by atoms with Crippen molar-refractivity contribution in [1.82, 2.24) is 4.90 Å². The minimum Gasteiger partial charge on any atom is -0.503 e. The van der Waals surface area contributed by atoms with E-state index in [-0.39, 0.29) is 36.9 Å². The molecule has 38 heavy (non-hydrogen) atoms. The first kappa shape index (κ1) is 25.5. The van der Waals surface area contributed by atoms with Gasteiger partial charge in [0, 0.05) is 24.1 Å². The maximum absolute atomic E-state index is 13.7. The zero-order valence-corrected chi connectivity index (χ0v) is 21.1. The van der Waals surface area contributed by atoms with Crippen LogP contribution in [0.5, 0.6) is 5.75 Å². The summed E-state index contributed by atoms with van der Waals surface area (Å²) in [5.74, 6) is -1.85. The van der Waals surface area contributed by atoms with Crippen LogP contribution in [0.1, 0.15) is 27.7 Å². The number of nitrogens with zero attached hydrogens (tertiary/aromatic N) is 1. The summed E-state index contributed by atoms with van der Waals surface area (Å²) in [6.45, 7) is 0.521. The van der Waals surface area contributed by atoms with E-state index in [2.05, 4.69) is 0 Å². The van der Waals surface area contributed by atoms with Gasteiger partial charge < -0.3 is 23.9 Å². The zero-order valence-electron chi connectivity index (χ0n) is 20.3. The number of rotatable bonds is 9. The first-order valence-corrected chi connectivity index (χ1v) is 12.2. The van der Waals surface area contributed by atoms with Gasteiger partial charge in [-0.15, -0.1) is 0 Å². The molecular formula is C29H23ClFNO6. The standard InChI is InChI=1S/C29H23ClFNO6/c1-36-12-11-32-26(18-3-2-4-22(14-18)37-16-17-5-8-21(31)9-6-17)25(28(34)29(32)35)27(33)24-15-19-13-20(30)7-10-23(19)38-24/h2-10,13-15,26,34H,11-12,16H2,1H3. The summed E-state index contributed by atoms with van der Waals surface area (Å²) in [5, 5.41) is 12.0. The molecule has 0 saturated heterocycles. The molecule has 7 nitrogen and oxygen atoms in total. The molecule has 1 atom stereocenters. The number of benzene rings is 3. The Balaban J connectivity index is 1.49. The Hall–Kier alpha value is -4.14. The van der Waals surface area contributed by atoms with Gasteiger partial charge in [0.05, 0.1) is 18.2 Å². The molecule has 2 heterocycles. The fourth-order valence-electron chi connectivity index (χ4n) is 4.43. The molecule has 194 valence electrons. The van der Waals surface area contributed by atoms with E-state index in [0.29, 0.717) is 27.3 Å². The third kappa shape index (κ3) is 5.01. The Bertz CT molecular complexity index is 1540. The molecule has 0 spiro atoms. The quantitative estimate of drug-likeness (QED) is 0.263. The van der Waals surface area contributed by atoms with Gasteiger partial charge in [0.1, 0.15) is 23.8 Å². The van der Waals surface area contributed by atoms with Gasteiger partial charge in [-0.2, -0.15) is 0 Å². The highest BCUT2D eigenvalue weighted by Crippen LogP contribution is 2.40. The van der Waals surface area contributed by atoms with Crippen LogP contribution in [-0.4, -0.2) is 42.0 Å². The second kappa shape index (κ2) is 10.7. The van der Waals surface area contributed by atoms with Crippen LogP contribution in [0.3, 0.4) is 0 Å². The topological polar surface area (TPSA) is 89.2 Å². The van der Waals surface area contributed by atoms with Crippen LogP contribution in [0.15, 0.2) is 88.5 Å². The largest absolute Gasteiger partial charge is 0.503 e. The minimum atomic E-state index is -0.906. The number of halogens is 2. The van der Waals surface area contributed by atoms with Gasteiger partial charge in [0.2, 0.25) is 5.78 Å². The molecular weight excluding hydrogens is 513 g/mol. The van der Waals surface area contributed by atoms with Gasteiger partial charge in [-0.05, 0) is 59.7 Å². The number of furan rings is 1. The lowest BCUT2D eigenvalue weighted by Gasteiger charge is -2.26. The molecule has 1 N–H and O–H groups in total. The molecule has 1 amide bonds. The van der Waals surface area contributed by atoms with Gasteiger partial charge in [-0.3, -0.25) is 9.59 Å². The van der Waals surface area contributed by atoms with Crippen molar-refractivity contribution in [1.29, 1.82) is 0 Å². The molecule has 3 aromatic carbocycles. The van der Waals surface area contributed by atoms with E-state index in [9.17, 15) is 19.1 Å². The molecule has 1 aliphatic rings. The molecule has 4 aromatic rings. The number of ketones is 1. The summed E-state index contributed by atoms with van der Waals surface area (Å²) >= 11 is 6.07. The van der Waals surface area contributed by atoms with E-state index >= 15 is 0 Å². The average molecular weight is 536 g/mol. The number of aliphatic hydroxyl groups excluding tert-OH is 1. The highest BCUT2D eigenvalue weighted by atomic mass is 35.5. The first-order valence-electron chi connectivity index (χ1n) is 11.8. The summed E-state index contributed by atoms with van der Waals surface area (Å²) < 4.78 is 30.0. The van der Waals surface area contributed by atoms with E-state index in [4.69, 9.17) is 25.5 Å². The highest BCUT2D eigenvalue weighted by Gasteiger charge is 2.44.